The Morgan fingerprint density at radius 3 is 2.27 bits per heavy atom. The fourth-order valence-corrected chi connectivity index (χ4v) is 7.27. The second-order valence-corrected chi connectivity index (χ2v) is 12.3. The van der Waals surface area contributed by atoms with Crippen molar-refractivity contribution >= 4 is 50.2 Å². The highest BCUT2D eigenvalue weighted by Gasteiger charge is 2.19. The molecule has 2 aliphatic carbocycles. The zero-order chi connectivity index (χ0) is 32.0. The van der Waals surface area contributed by atoms with Gasteiger partial charge in [-0.15, -0.1) is 0 Å². The van der Waals surface area contributed by atoms with Gasteiger partial charge in [-0.25, -0.2) is 15.0 Å². The van der Waals surface area contributed by atoms with Crippen molar-refractivity contribution in [3.05, 3.63) is 132 Å². The topological polar surface area (TPSA) is 60.8 Å². The number of fused-ring (bicyclic) bond motifs is 5. The minimum absolute atomic E-state index is 0.675. The van der Waals surface area contributed by atoms with E-state index in [0.29, 0.717) is 17.5 Å². The number of benzene rings is 5. The molecule has 2 heterocycles. The predicted octanol–water partition coefficient (Wildman–Crippen LogP) is 8.82. The molecule has 0 spiro atoms. The molecule has 0 N–H and O–H groups in total. The first-order valence-electron chi connectivity index (χ1n) is 16.6. The van der Waals surface area contributed by atoms with E-state index in [4.69, 9.17) is 24.7 Å². The van der Waals surface area contributed by atoms with Crippen LogP contribution in [-0.4, -0.2) is 27.0 Å². The summed E-state index contributed by atoms with van der Waals surface area (Å²) in [5.74, 6) is 2.83. The number of aromatic nitrogens is 4. The summed E-state index contributed by atoms with van der Waals surface area (Å²) in [5, 5.41) is 8.32. The van der Waals surface area contributed by atoms with E-state index >= 15 is 0 Å². The Labute approximate surface area is 278 Å². The quantitative estimate of drug-likeness (QED) is 0.180. The fourth-order valence-electron chi connectivity index (χ4n) is 7.27. The Morgan fingerprint density at radius 2 is 1.40 bits per heavy atom. The number of rotatable bonds is 5. The van der Waals surface area contributed by atoms with Crippen molar-refractivity contribution < 1.29 is 4.74 Å². The average Bonchev–Trinajstić information content (AvgIpc) is 3.17. The fraction of sp³-hybridized carbons (Fsp3) is 0.116. The first-order valence-corrected chi connectivity index (χ1v) is 16.6. The second-order valence-electron chi connectivity index (χ2n) is 12.3. The molecule has 0 saturated heterocycles. The van der Waals surface area contributed by atoms with Crippen LogP contribution in [0.25, 0.3) is 84.1 Å². The molecule has 5 nitrogen and oxygen atoms in total. The molecule has 0 atom stereocenters. The van der Waals surface area contributed by atoms with E-state index in [0.717, 1.165) is 70.0 Å². The van der Waals surface area contributed by atoms with E-state index in [-0.39, 0.29) is 0 Å². The second kappa shape index (κ2) is 11.7. The lowest BCUT2D eigenvalue weighted by Gasteiger charge is -2.17. The van der Waals surface area contributed by atoms with Crippen molar-refractivity contribution in [2.75, 3.05) is 7.11 Å². The van der Waals surface area contributed by atoms with Gasteiger partial charge < -0.3 is 4.74 Å². The van der Waals surface area contributed by atoms with E-state index < -0.39 is 0 Å². The Kier molecular flexibility index (Phi) is 6.89. The molecule has 7 aromatic rings. The van der Waals surface area contributed by atoms with E-state index in [9.17, 15) is 0 Å². The van der Waals surface area contributed by atoms with Gasteiger partial charge in [0, 0.05) is 28.3 Å². The maximum atomic E-state index is 5.71. The van der Waals surface area contributed by atoms with Crippen LogP contribution in [-0.2, 0) is 0 Å². The van der Waals surface area contributed by atoms with Crippen LogP contribution in [0.15, 0.2) is 115 Å². The van der Waals surface area contributed by atoms with Crippen molar-refractivity contribution in [1.82, 2.24) is 19.9 Å². The average molecular weight is 621 g/mol. The first-order chi connectivity index (χ1) is 23.8. The summed E-state index contributed by atoms with van der Waals surface area (Å²) in [6.07, 6.45) is 17.2. The molecular weight excluding hydrogens is 589 g/mol. The van der Waals surface area contributed by atoms with Crippen molar-refractivity contribution in [2.45, 2.75) is 25.7 Å². The van der Waals surface area contributed by atoms with Gasteiger partial charge in [0.05, 0.1) is 7.11 Å². The molecule has 2 aliphatic rings. The van der Waals surface area contributed by atoms with Gasteiger partial charge in [-0.1, -0.05) is 97.1 Å². The Bertz CT molecular complexity index is 2600. The van der Waals surface area contributed by atoms with Gasteiger partial charge in [0.2, 0.25) is 0 Å². The zero-order valence-corrected chi connectivity index (χ0v) is 26.6. The largest absolute Gasteiger partial charge is 0.494 e. The number of pyridine rings is 1. The summed E-state index contributed by atoms with van der Waals surface area (Å²) in [6.45, 7) is 0. The molecule has 5 heteroatoms. The van der Waals surface area contributed by atoms with Gasteiger partial charge in [-0.3, -0.25) is 4.98 Å². The maximum Gasteiger partial charge on any atom is 0.164 e. The summed E-state index contributed by atoms with van der Waals surface area (Å²) < 4.78 is 5.71. The van der Waals surface area contributed by atoms with Crippen LogP contribution in [0.4, 0.5) is 0 Å². The Balaban J connectivity index is 1.32. The van der Waals surface area contributed by atoms with Crippen molar-refractivity contribution in [3.63, 3.8) is 0 Å². The van der Waals surface area contributed by atoms with Gasteiger partial charge in [0.25, 0.3) is 0 Å². The molecule has 0 radical (unpaired) electrons. The standard InChI is InChI=1S/C43H32N4O/c1-48-38-24-23-33(35-20-11-25-44-40(35)38)39-30-17-9-8-16-29(30)26-37-31-18-10-19-36(32(31)21-22-34(37)39)43-46-41(27-12-4-2-5-13-27)45-42(47-43)28-14-6-3-7-15-28/h2,4-6,10-26H,3,7-9H2,1H3. The predicted molar refractivity (Wildman–Crippen MR) is 197 cm³/mol. The number of hydrogen-bond donors (Lipinski definition) is 0. The van der Waals surface area contributed by atoms with E-state index in [1.165, 1.54) is 32.2 Å². The molecule has 5 aromatic carbocycles. The minimum Gasteiger partial charge on any atom is -0.494 e. The highest BCUT2D eigenvalue weighted by atomic mass is 16.5. The van der Waals surface area contributed by atoms with Gasteiger partial charge >= 0.3 is 0 Å². The summed E-state index contributed by atoms with van der Waals surface area (Å²) in [5.41, 5.74) is 6.26. The molecule has 0 amide bonds. The minimum atomic E-state index is 0.675. The molecule has 0 unspecified atom stereocenters. The van der Waals surface area contributed by atoms with Gasteiger partial charge in [-0.05, 0) is 93.1 Å². The van der Waals surface area contributed by atoms with Crippen molar-refractivity contribution in [3.8, 4) is 39.7 Å². The lowest BCUT2D eigenvalue weighted by atomic mass is 9.88. The third kappa shape index (κ3) is 4.70. The zero-order valence-electron chi connectivity index (χ0n) is 26.6. The summed E-state index contributed by atoms with van der Waals surface area (Å²) in [6, 6.07) is 31.9. The van der Waals surface area contributed by atoms with Crippen LogP contribution in [0, 0.1) is 0 Å². The lowest BCUT2D eigenvalue weighted by molar-refractivity contribution is 0.419. The SMILES string of the molecule is COc1ccc(-c2c3c(cc4c2ccc2c(-c5nc(C6=CCCC=C6)nc(-c6ccccc6)n5)cccc24)=CCCC=3)c2cccnc12. The maximum absolute atomic E-state index is 5.71. The third-order valence-corrected chi connectivity index (χ3v) is 9.52. The molecule has 0 fully saturated rings. The van der Waals surface area contributed by atoms with Gasteiger partial charge in [0.1, 0.15) is 11.3 Å². The van der Waals surface area contributed by atoms with Crippen LogP contribution in [0.5, 0.6) is 5.75 Å². The molecule has 0 saturated carbocycles. The van der Waals surface area contributed by atoms with Crippen molar-refractivity contribution in [2.24, 2.45) is 0 Å². The summed E-state index contributed by atoms with van der Waals surface area (Å²) in [7, 11) is 1.70. The molecular formula is C43H32N4O. The van der Waals surface area contributed by atoms with Crippen LogP contribution in [0.1, 0.15) is 31.5 Å². The molecule has 9 rings (SSSR count). The smallest absolute Gasteiger partial charge is 0.164 e. The monoisotopic (exact) mass is 620 g/mol. The molecule has 230 valence electrons. The number of ether oxygens (including phenoxy) is 1. The van der Waals surface area contributed by atoms with Gasteiger partial charge in [-0.2, -0.15) is 0 Å². The lowest BCUT2D eigenvalue weighted by Crippen LogP contribution is -2.29. The van der Waals surface area contributed by atoms with E-state index in [1.54, 1.807) is 7.11 Å². The molecule has 48 heavy (non-hydrogen) atoms. The molecule has 0 bridgehead atoms. The first kappa shape index (κ1) is 28.3. The normalized spacial score (nSPS) is 14.0. The van der Waals surface area contributed by atoms with Crippen LogP contribution in [0.3, 0.4) is 0 Å². The third-order valence-electron chi connectivity index (χ3n) is 9.52. The van der Waals surface area contributed by atoms with Crippen LogP contribution in [0.2, 0.25) is 0 Å². The van der Waals surface area contributed by atoms with Crippen LogP contribution < -0.4 is 15.2 Å². The van der Waals surface area contributed by atoms with Crippen LogP contribution >= 0.6 is 0 Å². The highest BCUT2D eigenvalue weighted by Crippen LogP contribution is 2.38. The number of allylic oxidation sites excluding steroid dienone is 4. The number of nitrogens with zero attached hydrogens (tertiary/aromatic N) is 4. The highest BCUT2D eigenvalue weighted by molar-refractivity contribution is 6.17. The number of hydrogen-bond acceptors (Lipinski definition) is 5. The van der Waals surface area contributed by atoms with E-state index in [2.05, 4.69) is 91.0 Å². The summed E-state index contributed by atoms with van der Waals surface area (Å²) in [4.78, 5) is 19.9. The Hall–Kier alpha value is -5.94. The molecule has 2 aromatic heterocycles. The van der Waals surface area contributed by atoms with Gasteiger partial charge in [0.15, 0.2) is 17.5 Å². The molecule has 0 aliphatic heterocycles. The summed E-state index contributed by atoms with van der Waals surface area (Å²) >= 11 is 0. The Morgan fingerprint density at radius 1 is 0.583 bits per heavy atom. The van der Waals surface area contributed by atoms with Crippen molar-refractivity contribution in [1.29, 1.82) is 0 Å². The van der Waals surface area contributed by atoms with E-state index in [1.807, 2.05) is 36.5 Å². The number of methoxy groups -OCH3 is 1.